The molecule has 3 heterocycles. The molecule has 3 rings (SSSR count). The van der Waals surface area contributed by atoms with Crippen LogP contribution in [0.2, 0.25) is 0 Å². The van der Waals surface area contributed by atoms with Gasteiger partial charge in [-0.05, 0) is 38.8 Å². The van der Waals surface area contributed by atoms with Crippen molar-refractivity contribution in [3.8, 4) is 0 Å². The van der Waals surface area contributed by atoms with Crippen LogP contribution in [-0.4, -0.2) is 51.5 Å². The predicted octanol–water partition coefficient (Wildman–Crippen LogP) is 0.642. The van der Waals surface area contributed by atoms with Crippen LogP contribution in [0.4, 0.5) is 0 Å². The standard InChI is InChI=1S/C13H22N4O/c1-16-6-4-10(8-16)7-12-14-13-11(9-18)3-2-5-17(13)15-12/h10-11,18H,2-9H2,1H3. The first-order valence-corrected chi connectivity index (χ1v) is 6.99. The van der Waals surface area contributed by atoms with Gasteiger partial charge in [-0.2, -0.15) is 5.10 Å². The molecule has 0 aromatic carbocycles. The molecule has 0 amide bonds. The van der Waals surface area contributed by atoms with Crippen molar-refractivity contribution in [2.45, 2.75) is 38.1 Å². The second kappa shape index (κ2) is 4.97. The van der Waals surface area contributed by atoms with Crippen LogP contribution in [0.25, 0.3) is 0 Å². The molecule has 0 aliphatic carbocycles. The number of aliphatic hydroxyl groups is 1. The Kier molecular flexibility index (Phi) is 3.35. The molecule has 1 N–H and O–H groups in total. The number of aryl methyl sites for hydroxylation is 1. The number of hydrogen-bond donors (Lipinski definition) is 1. The summed E-state index contributed by atoms with van der Waals surface area (Å²) in [7, 11) is 2.17. The number of rotatable bonds is 3. The van der Waals surface area contributed by atoms with Crippen LogP contribution < -0.4 is 0 Å². The summed E-state index contributed by atoms with van der Waals surface area (Å²) in [4.78, 5) is 7.04. The topological polar surface area (TPSA) is 54.2 Å². The van der Waals surface area contributed by atoms with Crippen LogP contribution in [0, 0.1) is 5.92 Å². The lowest BCUT2D eigenvalue weighted by atomic mass is 10.0. The predicted molar refractivity (Wildman–Crippen MR) is 68.4 cm³/mol. The van der Waals surface area contributed by atoms with Gasteiger partial charge in [0.2, 0.25) is 0 Å². The average molecular weight is 250 g/mol. The summed E-state index contributed by atoms with van der Waals surface area (Å²) < 4.78 is 2.01. The molecule has 1 aromatic heterocycles. The Labute approximate surface area is 108 Å². The Hall–Kier alpha value is -0.940. The third kappa shape index (κ3) is 2.29. The molecule has 0 bridgehead atoms. The van der Waals surface area contributed by atoms with E-state index in [1.54, 1.807) is 0 Å². The van der Waals surface area contributed by atoms with E-state index in [4.69, 9.17) is 0 Å². The Morgan fingerprint density at radius 1 is 1.33 bits per heavy atom. The van der Waals surface area contributed by atoms with Gasteiger partial charge in [0.1, 0.15) is 5.82 Å². The maximum Gasteiger partial charge on any atom is 0.151 e. The van der Waals surface area contributed by atoms with Crippen molar-refractivity contribution in [3.63, 3.8) is 0 Å². The van der Waals surface area contributed by atoms with Crippen LogP contribution in [0.15, 0.2) is 0 Å². The van der Waals surface area contributed by atoms with Crippen LogP contribution in [-0.2, 0) is 13.0 Å². The van der Waals surface area contributed by atoms with Gasteiger partial charge < -0.3 is 10.0 Å². The third-order valence-electron chi connectivity index (χ3n) is 4.21. The molecule has 100 valence electrons. The minimum absolute atomic E-state index is 0.199. The highest BCUT2D eigenvalue weighted by atomic mass is 16.3. The maximum absolute atomic E-state index is 9.38. The fraction of sp³-hybridized carbons (Fsp3) is 0.846. The molecule has 2 aliphatic heterocycles. The SMILES string of the molecule is CN1CCC(Cc2nc3n(n2)CCCC3CO)C1. The number of aliphatic hydroxyl groups excluding tert-OH is 1. The van der Waals surface area contributed by atoms with E-state index in [9.17, 15) is 5.11 Å². The van der Waals surface area contributed by atoms with Gasteiger partial charge in [0.25, 0.3) is 0 Å². The second-order valence-electron chi connectivity index (χ2n) is 5.75. The quantitative estimate of drug-likeness (QED) is 0.855. The van der Waals surface area contributed by atoms with Gasteiger partial charge in [-0.25, -0.2) is 9.67 Å². The number of nitrogens with zero attached hydrogens (tertiary/aromatic N) is 4. The van der Waals surface area contributed by atoms with E-state index in [1.807, 2.05) is 4.68 Å². The van der Waals surface area contributed by atoms with Crippen molar-refractivity contribution >= 4 is 0 Å². The van der Waals surface area contributed by atoms with Crippen molar-refractivity contribution in [2.75, 3.05) is 26.7 Å². The zero-order valence-corrected chi connectivity index (χ0v) is 11.0. The van der Waals surface area contributed by atoms with E-state index in [0.717, 1.165) is 44.0 Å². The van der Waals surface area contributed by atoms with Crippen molar-refractivity contribution in [1.82, 2.24) is 19.7 Å². The number of aromatic nitrogens is 3. The van der Waals surface area contributed by atoms with E-state index in [2.05, 4.69) is 22.0 Å². The lowest BCUT2D eigenvalue weighted by Gasteiger charge is -2.19. The first-order chi connectivity index (χ1) is 8.76. The Balaban J connectivity index is 1.72. The summed E-state index contributed by atoms with van der Waals surface area (Å²) >= 11 is 0. The van der Waals surface area contributed by atoms with Crippen molar-refractivity contribution in [3.05, 3.63) is 11.6 Å². The largest absolute Gasteiger partial charge is 0.396 e. The first-order valence-electron chi connectivity index (χ1n) is 6.99. The summed E-state index contributed by atoms with van der Waals surface area (Å²) in [6.45, 7) is 3.51. The van der Waals surface area contributed by atoms with Crippen molar-refractivity contribution in [1.29, 1.82) is 0 Å². The summed E-state index contributed by atoms with van der Waals surface area (Å²) in [5, 5.41) is 14.0. The van der Waals surface area contributed by atoms with E-state index in [0.29, 0.717) is 5.92 Å². The average Bonchev–Trinajstić information content (AvgIpc) is 2.94. The smallest absolute Gasteiger partial charge is 0.151 e. The Morgan fingerprint density at radius 2 is 2.22 bits per heavy atom. The normalized spacial score (nSPS) is 28.6. The maximum atomic E-state index is 9.38. The van der Waals surface area contributed by atoms with Gasteiger partial charge in [-0.1, -0.05) is 0 Å². The molecule has 18 heavy (non-hydrogen) atoms. The Morgan fingerprint density at radius 3 is 2.94 bits per heavy atom. The van der Waals surface area contributed by atoms with Crippen molar-refractivity contribution in [2.24, 2.45) is 5.92 Å². The number of hydrogen-bond acceptors (Lipinski definition) is 4. The van der Waals surface area contributed by atoms with Crippen LogP contribution in [0.5, 0.6) is 0 Å². The molecule has 0 saturated carbocycles. The number of likely N-dealkylation sites (tertiary alicyclic amines) is 1. The van der Waals surface area contributed by atoms with Crippen molar-refractivity contribution < 1.29 is 5.11 Å². The second-order valence-corrected chi connectivity index (χ2v) is 5.75. The van der Waals surface area contributed by atoms with Gasteiger partial charge in [-0.15, -0.1) is 0 Å². The van der Waals surface area contributed by atoms with E-state index in [1.165, 1.54) is 13.0 Å². The van der Waals surface area contributed by atoms with Crippen LogP contribution in [0.1, 0.15) is 36.8 Å². The summed E-state index contributed by atoms with van der Waals surface area (Å²) in [6.07, 6.45) is 4.39. The highest BCUT2D eigenvalue weighted by Crippen LogP contribution is 2.26. The summed E-state index contributed by atoms with van der Waals surface area (Å²) in [5.41, 5.74) is 0. The first kappa shape index (κ1) is 12.1. The molecular formula is C13H22N4O. The van der Waals surface area contributed by atoms with Crippen LogP contribution in [0.3, 0.4) is 0 Å². The third-order valence-corrected chi connectivity index (χ3v) is 4.21. The minimum atomic E-state index is 0.199. The van der Waals surface area contributed by atoms with Gasteiger partial charge in [-0.3, -0.25) is 0 Å². The Bertz CT molecular complexity index is 417. The molecule has 1 saturated heterocycles. The monoisotopic (exact) mass is 250 g/mol. The molecule has 1 aromatic rings. The van der Waals surface area contributed by atoms with Gasteiger partial charge in [0.05, 0.1) is 6.61 Å². The van der Waals surface area contributed by atoms with Crippen LogP contribution >= 0.6 is 0 Å². The molecule has 2 aliphatic rings. The molecule has 5 nitrogen and oxygen atoms in total. The minimum Gasteiger partial charge on any atom is -0.396 e. The summed E-state index contributed by atoms with van der Waals surface area (Å²) in [6, 6.07) is 0. The summed E-state index contributed by atoms with van der Waals surface area (Å²) in [5.74, 6) is 2.88. The van der Waals surface area contributed by atoms with Gasteiger partial charge in [0, 0.05) is 25.4 Å². The molecule has 5 heteroatoms. The lowest BCUT2D eigenvalue weighted by Crippen LogP contribution is -2.19. The lowest BCUT2D eigenvalue weighted by molar-refractivity contribution is 0.234. The zero-order valence-electron chi connectivity index (χ0n) is 11.0. The fourth-order valence-corrected chi connectivity index (χ4v) is 3.20. The highest BCUT2D eigenvalue weighted by molar-refractivity contribution is 5.04. The van der Waals surface area contributed by atoms with E-state index < -0.39 is 0 Å². The molecule has 0 radical (unpaired) electrons. The molecular weight excluding hydrogens is 228 g/mol. The number of fused-ring (bicyclic) bond motifs is 1. The molecule has 2 unspecified atom stereocenters. The molecule has 0 spiro atoms. The molecule has 1 fully saturated rings. The van der Waals surface area contributed by atoms with Gasteiger partial charge >= 0.3 is 0 Å². The van der Waals surface area contributed by atoms with E-state index >= 15 is 0 Å². The zero-order chi connectivity index (χ0) is 12.5. The van der Waals surface area contributed by atoms with Gasteiger partial charge in [0.15, 0.2) is 5.82 Å². The highest BCUT2D eigenvalue weighted by Gasteiger charge is 2.26. The fourth-order valence-electron chi connectivity index (χ4n) is 3.20. The van der Waals surface area contributed by atoms with E-state index in [-0.39, 0.29) is 12.5 Å². The molecule has 2 atom stereocenters.